The van der Waals surface area contributed by atoms with Gasteiger partial charge in [-0.2, -0.15) is 9.97 Å². The Morgan fingerprint density at radius 1 is 1.00 bits per heavy atom. The number of pyridine rings is 1. The highest BCUT2D eigenvalue weighted by atomic mass is 16.5. The van der Waals surface area contributed by atoms with Crippen molar-refractivity contribution < 1.29 is 19.0 Å². The lowest BCUT2D eigenvalue weighted by Gasteiger charge is -2.37. The number of carbonyl (C=O) groups excluding carboxylic acids is 1. The number of amides is 1. The van der Waals surface area contributed by atoms with E-state index in [9.17, 15) is 4.79 Å². The van der Waals surface area contributed by atoms with Crippen molar-refractivity contribution in [3.63, 3.8) is 0 Å². The lowest BCUT2D eigenvalue weighted by Crippen LogP contribution is -2.46. The molecule has 0 spiro atoms. The summed E-state index contributed by atoms with van der Waals surface area (Å²) in [5.41, 5.74) is 2.59. The zero-order valence-corrected chi connectivity index (χ0v) is 21.2. The molecule has 2 saturated heterocycles. The van der Waals surface area contributed by atoms with E-state index in [1.807, 2.05) is 18.2 Å². The van der Waals surface area contributed by atoms with E-state index in [0.29, 0.717) is 49.3 Å². The van der Waals surface area contributed by atoms with Gasteiger partial charge in [0.2, 0.25) is 5.95 Å². The Bertz CT molecular complexity index is 1270. The quantitative estimate of drug-likeness (QED) is 0.576. The van der Waals surface area contributed by atoms with E-state index in [1.165, 1.54) is 0 Å². The van der Waals surface area contributed by atoms with E-state index in [2.05, 4.69) is 29.0 Å². The van der Waals surface area contributed by atoms with Crippen LogP contribution < -0.4 is 19.9 Å². The van der Waals surface area contributed by atoms with Gasteiger partial charge in [-0.05, 0) is 44.2 Å². The first kappa shape index (κ1) is 24.2. The number of morpholine rings is 2. The topological polar surface area (TPSA) is 102 Å². The average Bonchev–Trinajstić information content (AvgIpc) is 2.92. The molecule has 1 amide bonds. The first-order valence-corrected chi connectivity index (χ1v) is 12.3. The molecule has 0 saturated carbocycles. The van der Waals surface area contributed by atoms with Gasteiger partial charge in [0.05, 0.1) is 62.3 Å². The number of nitrogens with one attached hydrogen (secondary N) is 1. The molecule has 1 aromatic carbocycles. The maximum Gasteiger partial charge on any atom is 0.254 e. The summed E-state index contributed by atoms with van der Waals surface area (Å²) in [6.45, 7) is 8.30. The highest BCUT2D eigenvalue weighted by Crippen LogP contribution is 2.32. The number of nitrogens with zero attached hydrogens (tertiary/aromatic N) is 5. The third-order valence-electron chi connectivity index (χ3n) is 6.76. The number of fused-ring (bicyclic) bond motifs is 1. The van der Waals surface area contributed by atoms with Crippen molar-refractivity contribution in [1.29, 1.82) is 0 Å². The summed E-state index contributed by atoms with van der Waals surface area (Å²) >= 11 is 0. The number of carbonyl (C=O) groups is 1. The summed E-state index contributed by atoms with van der Waals surface area (Å²) in [4.78, 5) is 31.8. The Hall–Kier alpha value is -3.50. The molecular weight excluding hydrogens is 460 g/mol. The van der Waals surface area contributed by atoms with Gasteiger partial charge in [-0.25, -0.2) is 4.98 Å². The Balaban J connectivity index is 1.64. The molecule has 10 heteroatoms. The second kappa shape index (κ2) is 10.2. The number of rotatable bonds is 5. The molecule has 2 aliphatic rings. The van der Waals surface area contributed by atoms with Gasteiger partial charge in [0.25, 0.3) is 5.91 Å². The van der Waals surface area contributed by atoms with Crippen LogP contribution in [0, 0.1) is 0 Å². The van der Waals surface area contributed by atoms with Crippen molar-refractivity contribution >= 4 is 28.7 Å². The number of hydrogen-bond acceptors (Lipinski definition) is 9. The third-order valence-corrected chi connectivity index (χ3v) is 6.76. The molecule has 1 N–H and O–H groups in total. The van der Waals surface area contributed by atoms with Crippen molar-refractivity contribution in [3.05, 3.63) is 35.9 Å². The summed E-state index contributed by atoms with van der Waals surface area (Å²) in [6.07, 6.45) is 0. The average molecular weight is 493 g/mol. The summed E-state index contributed by atoms with van der Waals surface area (Å²) in [5, 5.41) is 3.56. The number of anilines is 2. The third kappa shape index (κ3) is 4.54. The zero-order valence-electron chi connectivity index (χ0n) is 21.2. The summed E-state index contributed by atoms with van der Waals surface area (Å²) < 4.78 is 16.7. The van der Waals surface area contributed by atoms with E-state index < -0.39 is 0 Å². The minimum absolute atomic E-state index is 0.158. The lowest BCUT2D eigenvalue weighted by atomic mass is 10.1. The molecule has 0 aliphatic carbocycles. The number of aromatic nitrogens is 3. The molecule has 0 bridgehead atoms. The van der Waals surface area contributed by atoms with Crippen LogP contribution in [0.4, 0.5) is 11.8 Å². The first-order chi connectivity index (χ1) is 17.5. The molecule has 2 aliphatic heterocycles. The maximum atomic E-state index is 12.4. The van der Waals surface area contributed by atoms with Crippen LogP contribution in [0.3, 0.4) is 0 Å². The van der Waals surface area contributed by atoms with E-state index >= 15 is 0 Å². The molecule has 2 fully saturated rings. The van der Waals surface area contributed by atoms with Gasteiger partial charge in [-0.3, -0.25) is 4.79 Å². The van der Waals surface area contributed by atoms with Gasteiger partial charge in [-0.15, -0.1) is 0 Å². The van der Waals surface area contributed by atoms with Crippen LogP contribution in [0.25, 0.3) is 22.3 Å². The molecule has 5 rings (SSSR count). The molecule has 4 heterocycles. The SMILES string of the molecule is CNC(=O)c1cc(-c2ccc3c(N4CCOCC4C)nc(N4CCOCC4C)nc3n2)ccc1OC. The Labute approximate surface area is 210 Å². The molecule has 190 valence electrons. The van der Waals surface area contributed by atoms with Crippen LogP contribution >= 0.6 is 0 Å². The van der Waals surface area contributed by atoms with E-state index in [4.69, 9.17) is 29.2 Å². The standard InChI is InChI=1S/C26H32N6O4/c1-16-14-35-11-9-31(16)24-19-6-7-21(18-5-8-22(34-4)20(13-18)25(33)27-3)28-23(19)29-26(30-24)32-10-12-36-15-17(32)2/h5-8,13,16-17H,9-12,14-15H2,1-4H3,(H,27,33). The number of ether oxygens (including phenoxy) is 3. The summed E-state index contributed by atoms with van der Waals surface area (Å²) in [7, 11) is 3.15. The molecule has 36 heavy (non-hydrogen) atoms. The van der Waals surface area contributed by atoms with Crippen LogP contribution in [-0.2, 0) is 9.47 Å². The second-order valence-corrected chi connectivity index (χ2v) is 9.14. The Morgan fingerprint density at radius 2 is 1.72 bits per heavy atom. The molecule has 2 aromatic heterocycles. The van der Waals surface area contributed by atoms with Crippen LogP contribution in [-0.4, -0.2) is 86.6 Å². The monoisotopic (exact) mass is 492 g/mol. The molecule has 0 radical (unpaired) electrons. The van der Waals surface area contributed by atoms with Gasteiger partial charge in [0, 0.05) is 25.7 Å². The minimum Gasteiger partial charge on any atom is -0.496 e. The molecule has 10 nitrogen and oxygen atoms in total. The van der Waals surface area contributed by atoms with Crippen molar-refractivity contribution in [2.45, 2.75) is 25.9 Å². The van der Waals surface area contributed by atoms with Crippen molar-refractivity contribution in [3.8, 4) is 17.0 Å². The smallest absolute Gasteiger partial charge is 0.254 e. The van der Waals surface area contributed by atoms with Crippen molar-refractivity contribution in [2.24, 2.45) is 0 Å². The first-order valence-electron chi connectivity index (χ1n) is 12.3. The van der Waals surface area contributed by atoms with Crippen molar-refractivity contribution in [2.75, 3.05) is 63.5 Å². The molecule has 2 unspecified atom stereocenters. The van der Waals surface area contributed by atoms with E-state index in [1.54, 1.807) is 26.3 Å². The fraction of sp³-hybridized carbons (Fsp3) is 0.462. The maximum absolute atomic E-state index is 12.4. The second-order valence-electron chi connectivity index (χ2n) is 9.14. The summed E-state index contributed by atoms with van der Waals surface area (Å²) in [6, 6.07) is 9.79. The van der Waals surface area contributed by atoms with Crippen LogP contribution in [0.5, 0.6) is 5.75 Å². The Kier molecular flexibility index (Phi) is 6.88. The Morgan fingerprint density at radius 3 is 2.39 bits per heavy atom. The minimum atomic E-state index is -0.219. The van der Waals surface area contributed by atoms with Crippen LogP contribution in [0.1, 0.15) is 24.2 Å². The van der Waals surface area contributed by atoms with Gasteiger partial charge in [0.1, 0.15) is 11.6 Å². The van der Waals surface area contributed by atoms with Crippen LogP contribution in [0.15, 0.2) is 30.3 Å². The predicted molar refractivity (Wildman–Crippen MR) is 138 cm³/mol. The van der Waals surface area contributed by atoms with Crippen LogP contribution in [0.2, 0.25) is 0 Å². The normalized spacial score (nSPS) is 20.4. The fourth-order valence-electron chi connectivity index (χ4n) is 4.74. The molecular formula is C26H32N6O4. The number of methoxy groups -OCH3 is 1. The van der Waals surface area contributed by atoms with Gasteiger partial charge in [-0.1, -0.05) is 0 Å². The van der Waals surface area contributed by atoms with Gasteiger partial charge >= 0.3 is 0 Å². The largest absolute Gasteiger partial charge is 0.496 e. The number of hydrogen-bond donors (Lipinski definition) is 1. The van der Waals surface area contributed by atoms with E-state index in [0.717, 1.165) is 35.6 Å². The highest BCUT2D eigenvalue weighted by molar-refractivity contribution is 5.98. The van der Waals surface area contributed by atoms with Crippen molar-refractivity contribution in [1.82, 2.24) is 20.3 Å². The highest BCUT2D eigenvalue weighted by Gasteiger charge is 2.27. The summed E-state index contributed by atoms with van der Waals surface area (Å²) in [5.74, 6) is 1.80. The number of benzene rings is 1. The molecule has 2 atom stereocenters. The lowest BCUT2D eigenvalue weighted by molar-refractivity contribution is 0.0959. The predicted octanol–water partition coefficient (Wildman–Crippen LogP) is 2.51. The van der Waals surface area contributed by atoms with E-state index in [-0.39, 0.29) is 18.0 Å². The fourth-order valence-corrected chi connectivity index (χ4v) is 4.74. The van der Waals surface area contributed by atoms with Gasteiger partial charge < -0.3 is 29.3 Å². The molecule has 3 aromatic rings. The zero-order chi connectivity index (χ0) is 25.2. The van der Waals surface area contributed by atoms with Gasteiger partial charge in [0.15, 0.2) is 5.65 Å².